The molecule has 0 fully saturated rings. The standard InChI is InChI=1S/C5H7NO2S/c7-5-1-4(2-8-5)6-3-9/h1,6,9H,2-3H2. The van der Waals surface area contributed by atoms with Gasteiger partial charge >= 0.3 is 5.97 Å². The number of carbonyl (C=O) groups is 1. The molecule has 1 aliphatic heterocycles. The van der Waals surface area contributed by atoms with Crippen molar-refractivity contribution in [2.75, 3.05) is 12.5 Å². The quantitative estimate of drug-likeness (QED) is 0.324. The largest absolute Gasteiger partial charge is 0.456 e. The van der Waals surface area contributed by atoms with E-state index >= 15 is 0 Å². The van der Waals surface area contributed by atoms with Crippen molar-refractivity contribution in [1.29, 1.82) is 0 Å². The summed E-state index contributed by atoms with van der Waals surface area (Å²) in [5.74, 6) is 0.252. The molecule has 3 nitrogen and oxygen atoms in total. The molecule has 9 heavy (non-hydrogen) atoms. The van der Waals surface area contributed by atoms with Crippen LogP contribution in [0.25, 0.3) is 0 Å². The zero-order valence-corrected chi connectivity index (χ0v) is 5.65. The average Bonchev–Trinajstić information content (AvgIpc) is 2.17. The van der Waals surface area contributed by atoms with Crippen LogP contribution in [0.5, 0.6) is 0 Å². The summed E-state index contributed by atoms with van der Waals surface area (Å²) in [6.45, 7) is 0.361. The van der Waals surface area contributed by atoms with Crippen LogP contribution in [-0.4, -0.2) is 18.5 Å². The molecule has 0 radical (unpaired) electrons. The molecule has 0 aliphatic carbocycles. The number of nitrogens with one attached hydrogen (secondary N) is 1. The first-order chi connectivity index (χ1) is 4.33. The van der Waals surface area contributed by atoms with Crippen molar-refractivity contribution in [1.82, 2.24) is 5.32 Å². The number of ether oxygens (including phenoxy) is 1. The van der Waals surface area contributed by atoms with E-state index in [9.17, 15) is 4.79 Å². The van der Waals surface area contributed by atoms with E-state index in [1.165, 1.54) is 6.08 Å². The Labute approximate surface area is 58.5 Å². The summed E-state index contributed by atoms with van der Waals surface area (Å²) in [5.41, 5.74) is 0.801. The molecule has 4 heteroatoms. The third kappa shape index (κ3) is 1.64. The van der Waals surface area contributed by atoms with E-state index < -0.39 is 0 Å². The SMILES string of the molecule is O=C1C=C(NCS)CO1. The van der Waals surface area contributed by atoms with Crippen LogP contribution in [0.4, 0.5) is 0 Å². The third-order valence-corrected chi connectivity index (χ3v) is 1.13. The van der Waals surface area contributed by atoms with Gasteiger partial charge in [-0.2, -0.15) is 12.6 Å². The first-order valence-corrected chi connectivity index (χ1v) is 3.18. The number of carbonyl (C=O) groups excluding carboxylic acids is 1. The Morgan fingerprint density at radius 2 is 2.67 bits per heavy atom. The van der Waals surface area contributed by atoms with Gasteiger partial charge < -0.3 is 10.1 Å². The molecular weight excluding hydrogens is 138 g/mol. The maximum Gasteiger partial charge on any atom is 0.333 e. The smallest absolute Gasteiger partial charge is 0.333 e. The molecule has 0 aromatic heterocycles. The van der Waals surface area contributed by atoms with Crippen molar-refractivity contribution in [2.24, 2.45) is 0 Å². The van der Waals surface area contributed by atoms with Gasteiger partial charge in [0.25, 0.3) is 0 Å². The van der Waals surface area contributed by atoms with Gasteiger partial charge in [-0.1, -0.05) is 0 Å². The minimum Gasteiger partial charge on any atom is -0.456 e. The van der Waals surface area contributed by atoms with Crippen LogP contribution in [0, 0.1) is 0 Å². The van der Waals surface area contributed by atoms with Crippen molar-refractivity contribution >= 4 is 18.6 Å². The van der Waals surface area contributed by atoms with Gasteiger partial charge in [0.15, 0.2) is 0 Å². The Bertz CT molecular complexity index is 155. The zero-order valence-electron chi connectivity index (χ0n) is 4.76. The molecule has 0 aromatic carbocycles. The van der Waals surface area contributed by atoms with E-state index in [4.69, 9.17) is 0 Å². The Morgan fingerprint density at radius 3 is 3.11 bits per heavy atom. The molecule has 0 bridgehead atoms. The molecule has 0 saturated heterocycles. The maximum absolute atomic E-state index is 10.4. The minimum atomic E-state index is -0.278. The first kappa shape index (κ1) is 6.48. The molecule has 0 saturated carbocycles. The van der Waals surface area contributed by atoms with Crippen LogP contribution in [0.15, 0.2) is 11.8 Å². The number of esters is 1. The van der Waals surface area contributed by atoms with E-state index in [1.54, 1.807) is 0 Å². The number of hydrogen-bond donors (Lipinski definition) is 2. The second-order valence-corrected chi connectivity index (χ2v) is 1.93. The van der Waals surface area contributed by atoms with Crippen molar-refractivity contribution in [2.45, 2.75) is 0 Å². The predicted octanol–water partition coefficient (Wildman–Crippen LogP) is -0.0960. The van der Waals surface area contributed by atoms with Crippen molar-refractivity contribution in [3.63, 3.8) is 0 Å². The van der Waals surface area contributed by atoms with Crippen LogP contribution in [0.2, 0.25) is 0 Å². The second kappa shape index (κ2) is 2.77. The molecule has 1 heterocycles. The van der Waals surface area contributed by atoms with E-state index in [0.29, 0.717) is 12.5 Å². The van der Waals surface area contributed by atoms with E-state index in [0.717, 1.165) is 5.70 Å². The molecule has 1 rings (SSSR count). The molecule has 0 atom stereocenters. The highest BCUT2D eigenvalue weighted by molar-refractivity contribution is 7.80. The summed E-state index contributed by atoms with van der Waals surface area (Å²) in [5, 5.41) is 2.85. The summed E-state index contributed by atoms with van der Waals surface area (Å²) < 4.78 is 4.59. The number of rotatable bonds is 2. The van der Waals surface area contributed by atoms with Crippen LogP contribution in [0.3, 0.4) is 0 Å². The minimum absolute atomic E-state index is 0.278. The van der Waals surface area contributed by atoms with Gasteiger partial charge in [0, 0.05) is 6.08 Å². The van der Waals surface area contributed by atoms with Crippen LogP contribution >= 0.6 is 12.6 Å². The molecule has 0 unspecified atom stereocenters. The van der Waals surface area contributed by atoms with Gasteiger partial charge in [0.1, 0.15) is 6.61 Å². The molecule has 50 valence electrons. The fraction of sp³-hybridized carbons (Fsp3) is 0.400. The lowest BCUT2D eigenvalue weighted by molar-refractivity contribution is -0.134. The molecular formula is C5H7NO2S. The van der Waals surface area contributed by atoms with Crippen LogP contribution in [0.1, 0.15) is 0 Å². The van der Waals surface area contributed by atoms with Gasteiger partial charge in [-0.25, -0.2) is 4.79 Å². The van der Waals surface area contributed by atoms with Gasteiger partial charge in [0.2, 0.25) is 0 Å². The highest BCUT2D eigenvalue weighted by atomic mass is 32.1. The molecule has 0 spiro atoms. The molecule has 0 amide bonds. The monoisotopic (exact) mass is 145 g/mol. The predicted molar refractivity (Wildman–Crippen MR) is 36.0 cm³/mol. The second-order valence-electron chi connectivity index (χ2n) is 1.61. The lowest BCUT2D eigenvalue weighted by Gasteiger charge is -1.98. The Hall–Kier alpha value is -0.640. The van der Waals surface area contributed by atoms with Crippen molar-refractivity contribution < 1.29 is 9.53 Å². The van der Waals surface area contributed by atoms with Crippen molar-refractivity contribution in [3.8, 4) is 0 Å². The van der Waals surface area contributed by atoms with Gasteiger partial charge in [0.05, 0.1) is 11.6 Å². The number of cyclic esters (lactones) is 1. The lowest BCUT2D eigenvalue weighted by Crippen LogP contribution is -2.11. The molecule has 1 aliphatic rings. The Balaban J connectivity index is 2.42. The van der Waals surface area contributed by atoms with E-state index in [2.05, 4.69) is 22.7 Å². The summed E-state index contributed by atoms with van der Waals surface area (Å²) in [6.07, 6.45) is 1.43. The summed E-state index contributed by atoms with van der Waals surface area (Å²) in [6, 6.07) is 0. The average molecular weight is 145 g/mol. The molecule has 0 aromatic rings. The zero-order chi connectivity index (χ0) is 6.69. The van der Waals surface area contributed by atoms with Gasteiger partial charge in [-0.05, 0) is 0 Å². The van der Waals surface area contributed by atoms with E-state index in [1.807, 2.05) is 0 Å². The molecule has 1 N–H and O–H groups in total. The Kier molecular flexibility index (Phi) is 2.00. The fourth-order valence-electron chi connectivity index (χ4n) is 0.578. The van der Waals surface area contributed by atoms with Crippen molar-refractivity contribution in [3.05, 3.63) is 11.8 Å². The summed E-state index contributed by atoms with van der Waals surface area (Å²) in [7, 11) is 0. The maximum atomic E-state index is 10.4. The Morgan fingerprint density at radius 1 is 1.89 bits per heavy atom. The topological polar surface area (TPSA) is 38.3 Å². The third-order valence-electron chi connectivity index (χ3n) is 0.968. The summed E-state index contributed by atoms with van der Waals surface area (Å²) >= 11 is 3.91. The summed E-state index contributed by atoms with van der Waals surface area (Å²) in [4.78, 5) is 10.4. The fourth-order valence-corrected chi connectivity index (χ4v) is 0.781. The highest BCUT2D eigenvalue weighted by Crippen LogP contribution is 2.00. The van der Waals surface area contributed by atoms with Gasteiger partial charge in [-0.3, -0.25) is 0 Å². The van der Waals surface area contributed by atoms with Gasteiger partial charge in [-0.15, -0.1) is 0 Å². The number of thiol groups is 1. The highest BCUT2D eigenvalue weighted by Gasteiger charge is 2.10. The van der Waals surface area contributed by atoms with Crippen LogP contribution < -0.4 is 5.32 Å². The first-order valence-electron chi connectivity index (χ1n) is 2.55. The van der Waals surface area contributed by atoms with E-state index in [-0.39, 0.29) is 5.97 Å². The van der Waals surface area contributed by atoms with Crippen LogP contribution in [-0.2, 0) is 9.53 Å². The lowest BCUT2D eigenvalue weighted by atomic mass is 10.5. The normalized spacial score (nSPS) is 17.0. The number of hydrogen-bond acceptors (Lipinski definition) is 4.